The maximum absolute atomic E-state index is 5.87. The smallest absolute Gasteiger partial charge is 0.120 e. The summed E-state index contributed by atoms with van der Waals surface area (Å²) in [5, 5.41) is 0.811. The summed E-state index contributed by atoms with van der Waals surface area (Å²) in [6.07, 6.45) is 0. The molecule has 0 radical (unpaired) electrons. The first-order valence-electron chi connectivity index (χ1n) is 6.97. The lowest BCUT2D eigenvalue weighted by Crippen LogP contribution is -2.10. The van der Waals surface area contributed by atoms with E-state index >= 15 is 0 Å². The summed E-state index contributed by atoms with van der Waals surface area (Å²) >= 11 is 7.01. The topological polar surface area (TPSA) is 9.23 Å². The van der Waals surface area contributed by atoms with Gasteiger partial charge in [0.1, 0.15) is 12.4 Å². The third-order valence-electron chi connectivity index (χ3n) is 3.39. The highest BCUT2D eigenvalue weighted by atomic mass is 79.9. The molecule has 0 unspecified atom stereocenters. The Bertz CT molecular complexity index is 598. The van der Waals surface area contributed by atoms with Gasteiger partial charge >= 0.3 is 0 Å². The van der Waals surface area contributed by atoms with Crippen LogP contribution in [0.2, 0.25) is 0 Å². The zero-order valence-electron chi connectivity index (χ0n) is 12.6. The maximum Gasteiger partial charge on any atom is 0.120 e. The van der Waals surface area contributed by atoms with Gasteiger partial charge in [0.2, 0.25) is 0 Å². The largest absolute Gasteiger partial charge is 0.489 e. The second-order valence-corrected chi connectivity index (χ2v) is 7.54. The number of halogens is 2. The Labute approximate surface area is 144 Å². The fourth-order valence-electron chi connectivity index (χ4n) is 2.01. The molecule has 2 aromatic rings. The zero-order valence-corrected chi connectivity index (χ0v) is 15.8. The van der Waals surface area contributed by atoms with E-state index < -0.39 is 0 Å². The Morgan fingerprint density at radius 1 is 1.00 bits per heavy atom. The van der Waals surface area contributed by atoms with Crippen LogP contribution in [0.25, 0.3) is 0 Å². The van der Waals surface area contributed by atoms with Crippen molar-refractivity contribution in [3.05, 3.63) is 63.6 Å². The summed E-state index contributed by atoms with van der Waals surface area (Å²) in [6.45, 7) is 7.26. The molecule has 3 heteroatoms. The van der Waals surface area contributed by atoms with Gasteiger partial charge in [0, 0.05) is 9.80 Å². The molecule has 0 saturated heterocycles. The van der Waals surface area contributed by atoms with Crippen molar-refractivity contribution in [1.29, 1.82) is 0 Å². The van der Waals surface area contributed by atoms with E-state index in [1.54, 1.807) is 0 Å². The van der Waals surface area contributed by atoms with Gasteiger partial charge in [-0.3, -0.25) is 0 Å². The Morgan fingerprint density at radius 3 is 2.24 bits per heavy atom. The quantitative estimate of drug-likeness (QED) is 0.542. The van der Waals surface area contributed by atoms with Gasteiger partial charge in [-0.2, -0.15) is 0 Å². The summed E-state index contributed by atoms with van der Waals surface area (Å²) in [7, 11) is 0. The lowest BCUT2D eigenvalue weighted by atomic mass is 9.87. The van der Waals surface area contributed by atoms with E-state index in [4.69, 9.17) is 4.74 Å². The minimum atomic E-state index is 0.190. The highest BCUT2D eigenvalue weighted by Crippen LogP contribution is 2.26. The molecule has 0 saturated carbocycles. The predicted octanol–water partition coefficient (Wildman–Crippen LogP) is 6.22. The monoisotopic (exact) mass is 410 g/mol. The van der Waals surface area contributed by atoms with Gasteiger partial charge in [-0.05, 0) is 40.3 Å². The van der Waals surface area contributed by atoms with Crippen LogP contribution in [0.1, 0.15) is 37.5 Å². The first-order chi connectivity index (χ1) is 9.90. The zero-order chi connectivity index (χ0) is 15.5. The standard InChI is InChI=1S/C18H20Br2O/c1-18(2,3)15-6-4-13(5-7-15)12-21-16-8-9-17(20)14(10-16)11-19/h4-10H,11-12H2,1-3H3. The fraction of sp³-hybridized carbons (Fsp3) is 0.333. The number of rotatable bonds is 4. The van der Waals surface area contributed by atoms with Crippen molar-refractivity contribution < 1.29 is 4.74 Å². The molecule has 0 bridgehead atoms. The number of hydrogen-bond acceptors (Lipinski definition) is 1. The maximum atomic E-state index is 5.87. The van der Waals surface area contributed by atoms with E-state index in [0.29, 0.717) is 6.61 Å². The minimum Gasteiger partial charge on any atom is -0.489 e. The van der Waals surface area contributed by atoms with Crippen molar-refractivity contribution in [3.8, 4) is 5.75 Å². The Hall–Kier alpha value is -0.800. The third-order valence-corrected chi connectivity index (χ3v) is 4.76. The Balaban J connectivity index is 2.03. The highest BCUT2D eigenvalue weighted by Gasteiger charge is 2.12. The summed E-state index contributed by atoms with van der Waals surface area (Å²) in [5.41, 5.74) is 3.91. The molecule has 21 heavy (non-hydrogen) atoms. The second-order valence-electron chi connectivity index (χ2n) is 6.12. The van der Waals surface area contributed by atoms with Crippen LogP contribution in [-0.4, -0.2) is 0 Å². The van der Waals surface area contributed by atoms with Crippen LogP contribution in [0.5, 0.6) is 5.75 Å². The first kappa shape index (κ1) is 16.6. The normalized spacial score (nSPS) is 11.5. The number of benzene rings is 2. The van der Waals surface area contributed by atoms with Crippen molar-refractivity contribution >= 4 is 31.9 Å². The average molecular weight is 412 g/mol. The number of ether oxygens (including phenoxy) is 1. The lowest BCUT2D eigenvalue weighted by Gasteiger charge is -2.19. The summed E-state index contributed by atoms with van der Waals surface area (Å²) in [4.78, 5) is 0. The van der Waals surface area contributed by atoms with Crippen molar-refractivity contribution in [2.24, 2.45) is 0 Å². The molecule has 0 fully saturated rings. The Kier molecular flexibility index (Phi) is 5.50. The van der Waals surface area contributed by atoms with E-state index in [1.165, 1.54) is 16.7 Å². The van der Waals surface area contributed by atoms with E-state index in [1.807, 2.05) is 12.1 Å². The molecule has 2 aromatic carbocycles. The van der Waals surface area contributed by atoms with E-state index in [2.05, 4.69) is 83.0 Å². The molecular weight excluding hydrogens is 392 g/mol. The molecule has 112 valence electrons. The van der Waals surface area contributed by atoms with Gasteiger partial charge in [-0.1, -0.05) is 76.9 Å². The first-order valence-corrected chi connectivity index (χ1v) is 8.88. The van der Waals surface area contributed by atoms with E-state index in [9.17, 15) is 0 Å². The van der Waals surface area contributed by atoms with Crippen LogP contribution in [0, 0.1) is 0 Å². The van der Waals surface area contributed by atoms with Crippen molar-refractivity contribution in [3.63, 3.8) is 0 Å². The number of alkyl halides is 1. The van der Waals surface area contributed by atoms with Crippen LogP contribution in [0.15, 0.2) is 46.9 Å². The van der Waals surface area contributed by atoms with Crippen molar-refractivity contribution in [1.82, 2.24) is 0 Å². The van der Waals surface area contributed by atoms with Gasteiger partial charge in [-0.25, -0.2) is 0 Å². The molecule has 0 aliphatic rings. The third kappa shape index (κ3) is 4.58. The van der Waals surface area contributed by atoms with Crippen molar-refractivity contribution in [2.45, 2.75) is 38.1 Å². The molecule has 0 amide bonds. The van der Waals surface area contributed by atoms with E-state index in [0.717, 1.165) is 15.6 Å². The van der Waals surface area contributed by atoms with Crippen LogP contribution in [0.4, 0.5) is 0 Å². The molecule has 0 aliphatic heterocycles. The van der Waals surface area contributed by atoms with Gasteiger partial charge < -0.3 is 4.74 Å². The van der Waals surface area contributed by atoms with Gasteiger partial charge in [-0.15, -0.1) is 0 Å². The summed E-state index contributed by atoms with van der Waals surface area (Å²) < 4.78 is 6.97. The van der Waals surface area contributed by atoms with Gasteiger partial charge in [0.15, 0.2) is 0 Å². The van der Waals surface area contributed by atoms with Crippen LogP contribution in [0.3, 0.4) is 0 Å². The molecular formula is C18H20Br2O. The Morgan fingerprint density at radius 2 is 1.67 bits per heavy atom. The molecule has 0 heterocycles. The molecule has 0 spiro atoms. The van der Waals surface area contributed by atoms with Crippen LogP contribution >= 0.6 is 31.9 Å². The van der Waals surface area contributed by atoms with Gasteiger partial charge in [0.05, 0.1) is 0 Å². The summed E-state index contributed by atoms with van der Waals surface area (Å²) in [5.74, 6) is 0.896. The second kappa shape index (κ2) is 6.97. The van der Waals surface area contributed by atoms with Crippen LogP contribution < -0.4 is 4.74 Å². The molecule has 0 N–H and O–H groups in total. The summed E-state index contributed by atoms with van der Waals surface area (Å²) in [6, 6.07) is 14.7. The predicted molar refractivity (Wildman–Crippen MR) is 96.2 cm³/mol. The van der Waals surface area contributed by atoms with Crippen molar-refractivity contribution in [2.75, 3.05) is 0 Å². The molecule has 1 nitrogen and oxygen atoms in total. The minimum absolute atomic E-state index is 0.190. The fourth-order valence-corrected chi connectivity index (χ4v) is 3.24. The molecule has 0 atom stereocenters. The van der Waals surface area contributed by atoms with Crippen LogP contribution in [-0.2, 0) is 17.4 Å². The highest BCUT2D eigenvalue weighted by molar-refractivity contribution is 9.10. The molecule has 2 rings (SSSR count). The molecule has 0 aliphatic carbocycles. The number of hydrogen-bond donors (Lipinski definition) is 0. The lowest BCUT2D eigenvalue weighted by molar-refractivity contribution is 0.306. The van der Waals surface area contributed by atoms with Gasteiger partial charge in [0.25, 0.3) is 0 Å². The average Bonchev–Trinajstić information content (AvgIpc) is 2.46. The molecule has 0 aromatic heterocycles. The SMILES string of the molecule is CC(C)(C)c1ccc(COc2ccc(Br)c(CBr)c2)cc1. The van der Waals surface area contributed by atoms with E-state index in [-0.39, 0.29) is 5.41 Å².